The highest BCUT2D eigenvalue weighted by molar-refractivity contribution is 6.32. The Morgan fingerprint density at radius 1 is 1.53 bits per heavy atom. The minimum absolute atomic E-state index is 0.170. The monoisotopic (exact) mass is 282 g/mol. The summed E-state index contributed by atoms with van der Waals surface area (Å²) in [5.41, 5.74) is 2.22. The van der Waals surface area contributed by atoms with Gasteiger partial charge in [-0.25, -0.2) is 4.98 Å². The van der Waals surface area contributed by atoms with E-state index in [9.17, 15) is 0 Å². The van der Waals surface area contributed by atoms with Crippen molar-refractivity contribution in [1.82, 2.24) is 4.98 Å². The fourth-order valence-electron chi connectivity index (χ4n) is 2.82. The molecule has 1 N–H and O–H groups in total. The molecule has 0 aliphatic heterocycles. The van der Waals surface area contributed by atoms with Gasteiger partial charge in [0.25, 0.3) is 0 Å². The van der Waals surface area contributed by atoms with Gasteiger partial charge < -0.3 is 10.1 Å². The second-order valence-electron chi connectivity index (χ2n) is 5.59. The van der Waals surface area contributed by atoms with Crippen LogP contribution in [0.3, 0.4) is 0 Å². The Morgan fingerprint density at radius 3 is 2.89 bits per heavy atom. The van der Waals surface area contributed by atoms with E-state index in [1.807, 2.05) is 6.92 Å². The molecule has 1 aromatic heterocycles. The zero-order valence-electron chi connectivity index (χ0n) is 12.2. The number of ether oxygens (including phenoxy) is 1. The zero-order chi connectivity index (χ0) is 14.0. The molecule has 2 rings (SSSR count). The fourth-order valence-corrected chi connectivity index (χ4v) is 2.97. The molecule has 1 aliphatic rings. The summed E-state index contributed by atoms with van der Waals surface area (Å²) in [6.07, 6.45) is 4.25. The number of nitrogens with zero attached hydrogens (tertiary/aromatic N) is 1. The third-order valence-corrected chi connectivity index (χ3v) is 4.72. The molecule has 3 unspecified atom stereocenters. The van der Waals surface area contributed by atoms with Crippen LogP contribution in [0.1, 0.15) is 39.2 Å². The van der Waals surface area contributed by atoms with E-state index < -0.39 is 0 Å². The molecule has 19 heavy (non-hydrogen) atoms. The first kappa shape index (κ1) is 14.6. The number of hydrogen-bond acceptors (Lipinski definition) is 3. The second-order valence-corrected chi connectivity index (χ2v) is 5.95. The minimum Gasteiger partial charge on any atom is -0.379 e. The number of anilines is 1. The van der Waals surface area contributed by atoms with Crippen molar-refractivity contribution in [2.45, 2.75) is 52.7 Å². The van der Waals surface area contributed by atoms with Gasteiger partial charge >= 0.3 is 0 Å². The molecule has 0 spiro atoms. The Balaban J connectivity index is 2.10. The van der Waals surface area contributed by atoms with Gasteiger partial charge in [0, 0.05) is 24.3 Å². The molecule has 3 atom stereocenters. The van der Waals surface area contributed by atoms with Crippen LogP contribution in [0.15, 0.2) is 12.3 Å². The second kappa shape index (κ2) is 5.68. The van der Waals surface area contributed by atoms with Gasteiger partial charge in [0.1, 0.15) is 0 Å². The third-order valence-electron chi connectivity index (χ3n) is 4.42. The summed E-state index contributed by atoms with van der Waals surface area (Å²) in [5.74, 6) is 0. The van der Waals surface area contributed by atoms with Gasteiger partial charge in [0.2, 0.25) is 0 Å². The molecule has 0 aromatic carbocycles. The quantitative estimate of drug-likeness (QED) is 0.828. The van der Waals surface area contributed by atoms with Crippen molar-refractivity contribution in [3.63, 3.8) is 0 Å². The number of hydrogen-bond donors (Lipinski definition) is 1. The number of halogens is 1. The van der Waals surface area contributed by atoms with Gasteiger partial charge in [0.05, 0.1) is 11.8 Å². The van der Waals surface area contributed by atoms with Crippen LogP contribution in [0.2, 0.25) is 5.15 Å². The average molecular weight is 283 g/mol. The molecule has 0 saturated heterocycles. The van der Waals surface area contributed by atoms with Crippen molar-refractivity contribution >= 4 is 17.3 Å². The van der Waals surface area contributed by atoms with Crippen LogP contribution in [-0.4, -0.2) is 23.7 Å². The molecule has 1 fully saturated rings. The van der Waals surface area contributed by atoms with Crippen LogP contribution in [-0.2, 0) is 4.74 Å². The lowest BCUT2D eigenvalue weighted by Gasteiger charge is -2.54. The maximum absolute atomic E-state index is 6.15. The number of aryl methyl sites for hydroxylation is 1. The van der Waals surface area contributed by atoms with Gasteiger partial charge in [0.15, 0.2) is 5.15 Å². The Labute approximate surface area is 120 Å². The lowest BCUT2D eigenvalue weighted by atomic mass is 9.61. The van der Waals surface area contributed by atoms with Crippen molar-refractivity contribution in [3.05, 3.63) is 23.0 Å². The molecule has 106 valence electrons. The maximum Gasteiger partial charge on any atom is 0.152 e. The van der Waals surface area contributed by atoms with E-state index in [4.69, 9.17) is 16.3 Å². The van der Waals surface area contributed by atoms with Crippen molar-refractivity contribution in [1.29, 1.82) is 0 Å². The summed E-state index contributed by atoms with van der Waals surface area (Å²) in [7, 11) is 0. The first-order chi connectivity index (χ1) is 9.01. The van der Waals surface area contributed by atoms with Crippen LogP contribution >= 0.6 is 11.6 Å². The van der Waals surface area contributed by atoms with E-state index >= 15 is 0 Å². The smallest absolute Gasteiger partial charge is 0.152 e. The Kier molecular flexibility index (Phi) is 4.36. The van der Waals surface area contributed by atoms with E-state index in [0.717, 1.165) is 30.7 Å². The summed E-state index contributed by atoms with van der Waals surface area (Å²) >= 11 is 6.15. The van der Waals surface area contributed by atoms with Crippen molar-refractivity contribution in [2.75, 3.05) is 11.9 Å². The number of pyridine rings is 1. The highest BCUT2D eigenvalue weighted by Gasteiger charge is 2.51. The molecule has 1 aliphatic carbocycles. The summed E-state index contributed by atoms with van der Waals surface area (Å²) < 4.78 is 5.82. The van der Waals surface area contributed by atoms with Gasteiger partial charge in [-0.1, -0.05) is 25.4 Å². The van der Waals surface area contributed by atoms with Crippen molar-refractivity contribution in [3.8, 4) is 0 Å². The molecule has 1 heterocycles. The van der Waals surface area contributed by atoms with Crippen LogP contribution in [0.5, 0.6) is 0 Å². The van der Waals surface area contributed by atoms with Gasteiger partial charge in [-0.3, -0.25) is 0 Å². The number of rotatable bonds is 5. The number of aromatic nitrogens is 1. The highest BCUT2D eigenvalue weighted by Crippen LogP contribution is 2.47. The van der Waals surface area contributed by atoms with E-state index in [-0.39, 0.29) is 5.41 Å². The minimum atomic E-state index is 0.170. The maximum atomic E-state index is 6.15. The average Bonchev–Trinajstić information content (AvgIpc) is 2.40. The molecule has 4 heteroatoms. The van der Waals surface area contributed by atoms with E-state index in [1.165, 1.54) is 0 Å². The van der Waals surface area contributed by atoms with E-state index in [0.29, 0.717) is 17.3 Å². The first-order valence-electron chi connectivity index (χ1n) is 7.01. The predicted octanol–water partition coefficient (Wildman–Crippen LogP) is 4.05. The molecule has 1 saturated carbocycles. The molecule has 3 nitrogen and oxygen atoms in total. The summed E-state index contributed by atoms with van der Waals surface area (Å²) in [6, 6.07) is 2.45. The zero-order valence-corrected chi connectivity index (χ0v) is 12.9. The highest BCUT2D eigenvalue weighted by atomic mass is 35.5. The molecule has 0 amide bonds. The van der Waals surface area contributed by atoms with Crippen LogP contribution in [0.25, 0.3) is 0 Å². The molecular weight excluding hydrogens is 260 g/mol. The Hall–Kier alpha value is -0.800. The van der Waals surface area contributed by atoms with E-state index in [2.05, 4.69) is 37.1 Å². The Morgan fingerprint density at radius 2 is 2.26 bits per heavy atom. The molecular formula is C15H23ClN2O. The van der Waals surface area contributed by atoms with Crippen molar-refractivity contribution in [2.24, 2.45) is 5.41 Å². The lowest BCUT2D eigenvalue weighted by molar-refractivity contribution is -0.109. The number of nitrogens with one attached hydrogen (secondary N) is 1. The summed E-state index contributed by atoms with van der Waals surface area (Å²) in [6.45, 7) is 9.36. The topological polar surface area (TPSA) is 34.1 Å². The van der Waals surface area contributed by atoms with Crippen LogP contribution in [0, 0.1) is 12.3 Å². The SMILES string of the molecule is CCOC1CC(Nc2cc(C)cnc2Cl)C1(C)CC. The molecule has 0 radical (unpaired) electrons. The molecule has 0 bridgehead atoms. The first-order valence-corrected chi connectivity index (χ1v) is 7.39. The fraction of sp³-hybridized carbons (Fsp3) is 0.667. The standard InChI is InChI=1S/C15H23ClN2O/c1-5-15(4)12(8-13(15)19-6-2)18-11-7-10(3)9-17-14(11)16/h7,9,12-13,18H,5-6,8H2,1-4H3. The summed E-state index contributed by atoms with van der Waals surface area (Å²) in [4.78, 5) is 4.19. The normalized spacial score (nSPS) is 29.9. The van der Waals surface area contributed by atoms with Crippen LogP contribution in [0.4, 0.5) is 5.69 Å². The van der Waals surface area contributed by atoms with Gasteiger partial charge in [-0.05, 0) is 38.3 Å². The van der Waals surface area contributed by atoms with Gasteiger partial charge in [-0.15, -0.1) is 0 Å². The Bertz CT molecular complexity index is 452. The largest absolute Gasteiger partial charge is 0.379 e. The van der Waals surface area contributed by atoms with Crippen LogP contribution < -0.4 is 5.32 Å². The predicted molar refractivity (Wildman–Crippen MR) is 79.8 cm³/mol. The lowest BCUT2D eigenvalue weighted by Crippen LogP contribution is -2.59. The third kappa shape index (κ3) is 2.72. The van der Waals surface area contributed by atoms with Crippen molar-refractivity contribution < 1.29 is 4.74 Å². The summed E-state index contributed by atoms with van der Waals surface area (Å²) in [5, 5.41) is 4.09. The van der Waals surface area contributed by atoms with Gasteiger partial charge in [-0.2, -0.15) is 0 Å². The van der Waals surface area contributed by atoms with E-state index in [1.54, 1.807) is 6.20 Å². The molecule has 1 aromatic rings.